The first-order valence-electron chi connectivity index (χ1n) is 11.2. The van der Waals surface area contributed by atoms with Gasteiger partial charge in [0, 0.05) is 24.2 Å². The maximum absolute atomic E-state index is 13.2. The lowest BCUT2D eigenvalue weighted by atomic mass is 9.44. The summed E-state index contributed by atoms with van der Waals surface area (Å²) in [5.74, 6) is 3.62. The number of ketones is 2. The zero-order valence-electron chi connectivity index (χ0n) is 16.8. The smallest absolute Gasteiger partial charge is 0.139 e. The summed E-state index contributed by atoms with van der Waals surface area (Å²) in [5.41, 5.74) is 5.72. The highest BCUT2D eigenvalue weighted by atomic mass is 16.1. The summed E-state index contributed by atoms with van der Waals surface area (Å²) in [6.07, 6.45) is 12.0. The Hall–Kier alpha value is -0.700. The van der Waals surface area contributed by atoms with E-state index in [0.29, 0.717) is 29.3 Å². The van der Waals surface area contributed by atoms with Crippen LogP contribution in [0.25, 0.3) is 0 Å². The van der Waals surface area contributed by atoms with Gasteiger partial charge in [-0.15, -0.1) is 0 Å². The molecule has 4 rings (SSSR count). The SMILES string of the molecule is C[C@]12CC[C@@H](CCCCN)CC1C(=O)C[C@@H]1[C@@H]2CC[C@]2(C)C(=O)CC[C@@H]12. The van der Waals surface area contributed by atoms with Gasteiger partial charge in [0.05, 0.1) is 0 Å². The molecule has 0 saturated heterocycles. The van der Waals surface area contributed by atoms with Gasteiger partial charge in [-0.25, -0.2) is 0 Å². The molecule has 0 aromatic heterocycles. The number of hydrogen-bond donors (Lipinski definition) is 1. The number of unbranched alkanes of at least 4 members (excludes halogenated alkanes) is 1. The van der Waals surface area contributed by atoms with Crippen molar-refractivity contribution in [1.82, 2.24) is 0 Å². The number of nitrogens with two attached hydrogens (primary N) is 1. The van der Waals surface area contributed by atoms with Gasteiger partial charge in [-0.3, -0.25) is 9.59 Å². The molecular formula is C23H37NO2. The fourth-order valence-corrected chi connectivity index (χ4v) is 7.73. The van der Waals surface area contributed by atoms with Crippen molar-refractivity contribution in [2.24, 2.45) is 46.2 Å². The lowest BCUT2D eigenvalue weighted by Crippen LogP contribution is -2.56. The van der Waals surface area contributed by atoms with Gasteiger partial charge in [-0.05, 0) is 80.6 Å². The van der Waals surface area contributed by atoms with Crippen LogP contribution in [0.15, 0.2) is 0 Å². The Morgan fingerprint density at radius 3 is 2.62 bits per heavy atom. The van der Waals surface area contributed by atoms with E-state index in [-0.39, 0.29) is 16.7 Å². The molecule has 0 aromatic carbocycles. The van der Waals surface area contributed by atoms with Crippen LogP contribution in [-0.4, -0.2) is 18.1 Å². The quantitative estimate of drug-likeness (QED) is 0.751. The highest BCUT2D eigenvalue weighted by Gasteiger charge is 2.62. The fourth-order valence-electron chi connectivity index (χ4n) is 7.73. The molecule has 4 aliphatic carbocycles. The number of carbonyl (C=O) groups excluding carboxylic acids is 2. The lowest BCUT2D eigenvalue weighted by Gasteiger charge is -2.59. The minimum atomic E-state index is -0.121. The Bertz CT molecular complexity index is 587. The Morgan fingerprint density at radius 1 is 1.04 bits per heavy atom. The minimum Gasteiger partial charge on any atom is -0.330 e. The third-order valence-electron chi connectivity index (χ3n) is 9.34. The van der Waals surface area contributed by atoms with Crippen LogP contribution in [0.2, 0.25) is 0 Å². The number of hydrogen-bond acceptors (Lipinski definition) is 3. The maximum Gasteiger partial charge on any atom is 0.139 e. The van der Waals surface area contributed by atoms with Gasteiger partial charge in [-0.2, -0.15) is 0 Å². The van der Waals surface area contributed by atoms with Crippen molar-refractivity contribution in [3.05, 3.63) is 0 Å². The highest BCUT2D eigenvalue weighted by Crippen LogP contribution is 2.65. The molecule has 4 aliphatic rings. The van der Waals surface area contributed by atoms with Gasteiger partial charge in [0.25, 0.3) is 0 Å². The summed E-state index contributed by atoms with van der Waals surface area (Å²) in [5, 5.41) is 0. The molecule has 4 saturated carbocycles. The fraction of sp³-hybridized carbons (Fsp3) is 0.913. The molecule has 0 spiro atoms. The van der Waals surface area contributed by atoms with Crippen LogP contribution in [0.3, 0.4) is 0 Å². The summed E-state index contributed by atoms with van der Waals surface area (Å²) < 4.78 is 0. The zero-order chi connectivity index (χ0) is 18.5. The van der Waals surface area contributed by atoms with Crippen molar-refractivity contribution >= 4 is 11.6 Å². The summed E-state index contributed by atoms with van der Waals surface area (Å²) in [7, 11) is 0. The summed E-state index contributed by atoms with van der Waals surface area (Å²) >= 11 is 0. The van der Waals surface area contributed by atoms with Gasteiger partial charge in [0.15, 0.2) is 0 Å². The number of fused-ring (bicyclic) bond motifs is 5. The molecule has 0 heterocycles. The first-order valence-corrected chi connectivity index (χ1v) is 11.2. The van der Waals surface area contributed by atoms with Crippen LogP contribution < -0.4 is 5.73 Å². The van der Waals surface area contributed by atoms with Crippen LogP contribution in [0.4, 0.5) is 0 Å². The Morgan fingerprint density at radius 2 is 1.85 bits per heavy atom. The molecule has 0 amide bonds. The summed E-state index contributed by atoms with van der Waals surface area (Å²) in [6, 6.07) is 0. The Kier molecular flexibility index (Phi) is 4.82. The van der Waals surface area contributed by atoms with Crippen molar-refractivity contribution in [2.75, 3.05) is 6.54 Å². The van der Waals surface area contributed by atoms with Gasteiger partial charge < -0.3 is 5.73 Å². The minimum absolute atomic E-state index is 0.121. The molecular weight excluding hydrogens is 322 g/mol. The topological polar surface area (TPSA) is 60.2 Å². The number of rotatable bonds is 4. The molecule has 0 aliphatic heterocycles. The molecule has 7 atom stereocenters. The second-order valence-electron chi connectivity index (χ2n) is 10.4. The highest BCUT2D eigenvalue weighted by molar-refractivity contribution is 5.88. The molecule has 3 nitrogen and oxygen atoms in total. The van der Waals surface area contributed by atoms with E-state index >= 15 is 0 Å². The molecule has 0 aromatic rings. The predicted molar refractivity (Wildman–Crippen MR) is 104 cm³/mol. The zero-order valence-corrected chi connectivity index (χ0v) is 16.8. The van der Waals surface area contributed by atoms with Gasteiger partial charge in [0.1, 0.15) is 11.6 Å². The molecule has 3 heteroatoms. The average molecular weight is 360 g/mol. The third kappa shape index (κ3) is 2.72. The number of carbonyl (C=O) groups is 2. The third-order valence-corrected chi connectivity index (χ3v) is 9.34. The van der Waals surface area contributed by atoms with E-state index in [2.05, 4.69) is 13.8 Å². The second kappa shape index (κ2) is 6.72. The van der Waals surface area contributed by atoms with E-state index in [9.17, 15) is 9.59 Å². The van der Waals surface area contributed by atoms with Crippen LogP contribution in [0, 0.1) is 40.4 Å². The Balaban J connectivity index is 1.52. The van der Waals surface area contributed by atoms with Gasteiger partial charge >= 0.3 is 0 Å². The molecule has 0 radical (unpaired) electrons. The number of Topliss-reactive ketones (excluding diaryl/α,β-unsaturated/α-hetero) is 2. The van der Waals surface area contributed by atoms with Crippen molar-refractivity contribution in [2.45, 2.75) is 84.5 Å². The van der Waals surface area contributed by atoms with Crippen molar-refractivity contribution < 1.29 is 9.59 Å². The van der Waals surface area contributed by atoms with Crippen LogP contribution in [0.5, 0.6) is 0 Å². The van der Waals surface area contributed by atoms with Gasteiger partial charge in [-0.1, -0.05) is 26.7 Å². The van der Waals surface area contributed by atoms with E-state index in [1.165, 1.54) is 32.1 Å². The molecule has 0 bridgehead atoms. The van der Waals surface area contributed by atoms with E-state index in [1.807, 2.05) is 0 Å². The average Bonchev–Trinajstić information content (AvgIpc) is 2.92. The summed E-state index contributed by atoms with van der Waals surface area (Å²) in [4.78, 5) is 25.8. The van der Waals surface area contributed by atoms with Crippen LogP contribution >= 0.6 is 0 Å². The van der Waals surface area contributed by atoms with E-state index < -0.39 is 0 Å². The molecule has 146 valence electrons. The maximum atomic E-state index is 13.2. The van der Waals surface area contributed by atoms with Crippen molar-refractivity contribution in [3.8, 4) is 0 Å². The largest absolute Gasteiger partial charge is 0.330 e. The van der Waals surface area contributed by atoms with Crippen molar-refractivity contribution in [1.29, 1.82) is 0 Å². The van der Waals surface area contributed by atoms with Gasteiger partial charge in [0.2, 0.25) is 0 Å². The normalized spacial score (nSPS) is 48.0. The van der Waals surface area contributed by atoms with Crippen LogP contribution in [0.1, 0.15) is 84.5 Å². The first kappa shape index (κ1) is 18.7. The Labute approximate surface area is 158 Å². The summed E-state index contributed by atoms with van der Waals surface area (Å²) in [6.45, 7) is 5.42. The molecule has 2 N–H and O–H groups in total. The monoisotopic (exact) mass is 359 g/mol. The molecule has 26 heavy (non-hydrogen) atoms. The van der Waals surface area contributed by atoms with E-state index in [1.54, 1.807) is 0 Å². The second-order valence-corrected chi connectivity index (χ2v) is 10.4. The van der Waals surface area contributed by atoms with Crippen LogP contribution in [-0.2, 0) is 9.59 Å². The lowest BCUT2D eigenvalue weighted by molar-refractivity contribution is -0.158. The first-order chi connectivity index (χ1) is 12.4. The predicted octanol–water partition coefficient (Wildman–Crippen LogP) is 4.52. The van der Waals surface area contributed by atoms with E-state index in [0.717, 1.165) is 51.0 Å². The molecule has 1 unspecified atom stereocenters. The molecule has 4 fully saturated rings. The van der Waals surface area contributed by atoms with Crippen molar-refractivity contribution in [3.63, 3.8) is 0 Å². The van der Waals surface area contributed by atoms with E-state index in [4.69, 9.17) is 5.73 Å². The standard InChI is InChI=1S/C23H37NO2/c1-22-10-8-15(5-3-4-12-24)13-19(22)20(25)14-16-17-6-7-21(26)23(17,2)11-9-18(16)22/h15-19H,3-14,24H2,1-2H3/t15-,16+,17+,18+,19?,22-,23+/m1/s1.